The summed E-state index contributed by atoms with van der Waals surface area (Å²) in [5.74, 6) is -0.623. The summed E-state index contributed by atoms with van der Waals surface area (Å²) in [7, 11) is 0. The van der Waals surface area contributed by atoms with Gasteiger partial charge in [0.2, 0.25) is 0 Å². The minimum atomic E-state index is -0.318. The predicted octanol–water partition coefficient (Wildman–Crippen LogP) is 4.25. The lowest BCUT2D eigenvalue weighted by Crippen LogP contribution is -2.34. The Morgan fingerprint density at radius 2 is 1.86 bits per heavy atom. The molecule has 112 valence electrons. The summed E-state index contributed by atoms with van der Waals surface area (Å²) in [4.78, 5) is 1.96. The molecule has 5 heteroatoms. The molecule has 2 aromatic carbocycles. The van der Waals surface area contributed by atoms with Crippen LogP contribution < -0.4 is 10.6 Å². The van der Waals surface area contributed by atoms with Crippen molar-refractivity contribution in [3.05, 3.63) is 64.1 Å². The first kappa shape index (κ1) is 15.9. The Morgan fingerprint density at radius 1 is 1.14 bits per heavy atom. The molecule has 21 heavy (non-hydrogen) atoms. The van der Waals surface area contributed by atoms with E-state index < -0.39 is 0 Å². The van der Waals surface area contributed by atoms with E-state index in [0.717, 1.165) is 15.7 Å². The summed E-state index contributed by atoms with van der Waals surface area (Å²) in [5.41, 5.74) is 7.38. The van der Waals surface area contributed by atoms with Gasteiger partial charge in [-0.15, -0.1) is 0 Å². The number of nitrogens with two attached hydrogens (primary N) is 1. The van der Waals surface area contributed by atoms with Crippen LogP contribution >= 0.6 is 15.9 Å². The first-order valence-electron chi connectivity index (χ1n) is 6.74. The van der Waals surface area contributed by atoms with E-state index in [1.54, 1.807) is 12.1 Å². The van der Waals surface area contributed by atoms with Gasteiger partial charge in [0.25, 0.3) is 0 Å². The maximum absolute atomic E-state index is 13.5. The van der Waals surface area contributed by atoms with Crippen LogP contribution in [0.2, 0.25) is 0 Å². The number of likely N-dealkylation sites (N-methyl/N-ethyl adjacent to an activating group) is 1. The molecule has 0 aromatic heterocycles. The van der Waals surface area contributed by atoms with E-state index in [0.29, 0.717) is 13.1 Å². The minimum Gasteiger partial charge on any atom is -0.363 e. The predicted molar refractivity (Wildman–Crippen MR) is 85.3 cm³/mol. The van der Waals surface area contributed by atoms with Gasteiger partial charge in [-0.3, -0.25) is 0 Å². The summed E-state index contributed by atoms with van der Waals surface area (Å²) >= 11 is 3.43. The first-order chi connectivity index (χ1) is 10.1. The number of benzene rings is 2. The number of hydrogen-bond donors (Lipinski definition) is 1. The van der Waals surface area contributed by atoms with Crippen LogP contribution in [0.5, 0.6) is 0 Å². The molecule has 0 saturated heterocycles. The molecular weight excluding hydrogens is 338 g/mol. The maximum Gasteiger partial charge on any atom is 0.125 e. The highest BCUT2D eigenvalue weighted by Gasteiger charge is 2.21. The van der Waals surface area contributed by atoms with E-state index in [2.05, 4.69) is 15.9 Å². The van der Waals surface area contributed by atoms with Crippen LogP contribution in [0.15, 0.2) is 46.9 Å². The van der Waals surface area contributed by atoms with Gasteiger partial charge in [0, 0.05) is 23.2 Å². The topological polar surface area (TPSA) is 29.3 Å². The van der Waals surface area contributed by atoms with E-state index in [4.69, 9.17) is 5.73 Å². The summed E-state index contributed by atoms with van der Waals surface area (Å²) in [6.07, 6.45) is 0. The van der Waals surface area contributed by atoms with Crippen molar-refractivity contribution < 1.29 is 8.78 Å². The molecule has 0 heterocycles. The van der Waals surface area contributed by atoms with Gasteiger partial charge in [-0.05, 0) is 48.9 Å². The molecule has 0 spiro atoms. The van der Waals surface area contributed by atoms with Crippen molar-refractivity contribution in [3.63, 3.8) is 0 Å². The van der Waals surface area contributed by atoms with Crippen molar-refractivity contribution in [3.8, 4) is 0 Å². The molecule has 2 N–H and O–H groups in total. The Kier molecular flexibility index (Phi) is 5.31. The van der Waals surface area contributed by atoms with Crippen LogP contribution in [-0.4, -0.2) is 13.1 Å². The van der Waals surface area contributed by atoms with Crippen LogP contribution in [0.4, 0.5) is 14.5 Å². The third-order valence-corrected chi connectivity index (χ3v) is 4.12. The Balaban J connectivity index is 2.44. The van der Waals surface area contributed by atoms with Crippen molar-refractivity contribution in [2.45, 2.75) is 13.0 Å². The first-order valence-corrected chi connectivity index (χ1v) is 7.53. The van der Waals surface area contributed by atoms with Gasteiger partial charge in [0.05, 0.1) is 6.04 Å². The van der Waals surface area contributed by atoms with E-state index in [9.17, 15) is 8.78 Å². The smallest absolute Gasteiger partial charge is 0.125 e. The fraction of sp³-hybridized carbons (Fsp3) is 0.250. The molecule has 1 unspecified atom stereocenters. The zero-order valence-electron chi connectivity index (χ0n) is 11.7. The van der Waals surface area contributed by atoms with E-state index in [1.807, 2.05) is 17.9 Å². The zero-order chi connectivity index (χ0) is 15.4. The molecule has 0 saturated carbocycles. The minimum absolute atomic E-state index is 0.234. The summed E-state index contributed by atoms with van der Waals surface area (Å²) in [5, 5.41) is 0. The molecule has 0 aliphatic heterocycles. The van der Waals surface area contributed by atoms with Crippen molar-refractivity contribution >= 4 is 21.6 Å². The second-order valence-electron chi connectivity index (χ2n) is 4.68. The molecule has 0 amide bonds. The van der Waals surface area contributed by atoms with Crippen molar-refractivity contribution in [1.82, 2.24) is 0 Å². The van der Waals surface area contributed by atoms with Gasteiger partial charge in [-0.2, -0.15) is 0 Å². The molecule has 2 rings (SSSR count). The normalized spacial score (nSPS) is 12.2. The molecule has 0 bridgehead atoms. The maximum atomic E-state index is 13.5. The molecule has 1 atom stereocenters. The average Bonchev–Trinajstić information content (AvgIpc) is 2.47. The fourth-order valence-corrected chi connectivity index (χ4v) is 2.94. The molecule has 0 radical (unpaired) electrons. The third kappa shape index (κ3) is 3.60. The highest BCUT2D eigenvalue weighted by atomic mass is 79.9. The lowest BCUT2D eigenvalue weighted by Gasteiger charge is -2.33. The number of rotatable bonds is 5. The Morgan fingerprint density at radius 3 is 2.48 bits per heavy atom. The molecule has 0 aliphatic carbocycles. The van der Waals surface area contributed by atoms with Gasteiger partial charge in [-0.25, -0.2) is 8.78 Å². The number of anilines is 1. The summed E-state index contributed by atoms with van der Waals surface area (Å²) < 4.78 is 27.8. The van der Waals surface area contributed by atoms with Crippen molar-refractivity contribution in [1.29, 1.82) is 0 Å². The Hall–Kier alpha value is -1.46. The highest BCUT2D eigenvalue weighted by Crippen LogP contribution is 2.31. The van der Waals surface area contributed by atoms with Crippen LogP contribution in [0, 0.1) is 11.6 Å². The lowest BCUT2D eigenvalue weighted by molar-refractivity contribution is 0.600. The van der Waals surface area contributed by atoms with Crippen molar-refractivity contribution in [2.24, 2.45) is 5.73 Å². The largest absolute Gasteiger partial charge is 0.363 e. The van der Waals surface area contributed by atoms with Gasteiger partial charge in [-0.1, -0.05) is 22.0 Å². The van der Waals surface area contributed by atoms with E-state index in [-0.39, 0.29) is 17.7 Å². The fourth-order valence-electron chi connectivity index (χ4n) is 2.43. The van der Waals surface area contributed by atoms with Gasteiger partial charge < -0.3 is 10.6 Å². The summed E-state index contributed by atoms with van der Waals surface area (Å²) in [6, 6.07) is 10.6. The zero-order valence-corrected chi connectivity index (χ0v) is 13.3. The van der Waals surface area contributed by atoms with Crippen LogP contribution in [0.25, 0.3) is 0 Å². The highest BCUT2D eigenvalue weighted by molar-refractivity contribution is 9.10. The van der Waals surface area contributed by atoms with Crippen molar-refractivity contribution in [2.75, 3.05) is 18.0 Å². The Labute approximate surface area is 131 Å². The molecule has 2 aromatic rings. The molecule has 0 aliphatic rings. The lowest BCUT2D eigenvalue weighted by atomic mass is 10.0. The average molecular weight is 355 g/mol. The quantitative estimate of drug-likeness (QED) is 0.869. The Bertz CT molecular complexity index is 619. The second-order valence-corrected chi connectivity index (χ2v) is 5.54. The second kappa shape index (κ2) is 7.00. The van der Waals surface area contributed by atoms with Gasteiger partial charge in [0.15, 0.2) is 0 Å². The number of halogens is 3. The monoisotopic (exact) mass is 354 g/mol. The van der Waals surface area contributed by atoms with Crippen LogP contribution in [-0.2, 0) is 0 Å². The third-order valence-electron chi connectivity index (χ3n) is 3.40. The van der Waals surface area contributed by atoms with E-state index in [1.165, 1.54) is 24.3 Å². The van der Waals surface area contributed by atoms with Gasteiger partial charge in [0.1, 0.15) is 11.6 Å². The van der Waals surface area contributed by atoms with Crippen LogP contribution in [0.3, 0.4) is 0 Å². The standard InChI is InChI=1S/C16H17BrF2N2/c1-2-21(13-5-3-4-11(18)8-13)16(10-20)14-9-12(19)6-7-15(14)17/h3-9,16H,2,10,20H2,1H3. The van der Waals surface area contributed by atoms with Crippen LogP contribution in [0.1, 0.15) is 18.5 Å². The molecule has 0 fully saturated rings. The SMILES string of the molecule is CCN(c1cccc(F)c1)C(CN)c1cc(F)ccc1Br. The molecular formula is C16H17BrF2N2. The van der Waals surface area contributed by atoms with Gasteiger partial charge >= 0.3 is 0 Å². The number of nitrogens with zero attached hydrogens (tertiary/aromatic N) is 1. The van der Waals surface area contributed by atoms with E-state index >= 15 is 0 Å². The number of hydrogen-bond acceptors (Lipinski definition) is 2. The summed E-state index contributed by atoms with van der Waals surface area (Å²) in [6.45, 7) is 2.89. The molecule has 2 nitrogen and oxygen atoms in total.